The van der Waals surface area contributed by atoms with Crippen LogP contribution in [-0.2, 0) is 4.79 Å². The molecule has 2 aromatic carbocycles. The van der Waals surface area contributed by atoms with Crippen molar-refractivity contribution in [2.24, 2.45) is 5.10 Å². The minimum absolute atomic E-state index is 0.166. The van der Waals surface area contributed by atoms with Gasteiger partial charge in [0.15, 0.2) is 0 Å². The molecule has 0 heterocycles. The maximum Gasteiger partial charge on any atom is 0.259 e. The Bertz CT molecular complexity index is 774. The van der Waals surface area contributed by atoms with Gasteiger partial charge >= 0.3 is 0 Å². The van der Waals surface area contributed by atoms with Crippen LogP contribution in [0.3, 0.4) is 0 Å². The highest BCUT2D eigenvalue weighted by atomic mass is 16.5. The van der Waals surface area contributed by atoms with Crippen LogP contribution in [-0.4, -0.2) is 25.3 Å². The van der Waals surface area contributed by atoms with Crippen molar-refractivity contribution in [3.8, 4) is 5.75 Å². The third-order valence-corrected chi connectivity index (χ3v) is 3.94. The molecule has 0 aliphatic carbocycles. The Hall–Kier alpha value is -2.82. The van der Waals surface area contributed by atoms with Crippen molar-refractivity contribution in [1.82, 2.24) is 5.43 Å². The second kappa shape index (κ2) is 8.33. The molecule has 0 atom stereocenters. The Kier molecular flexibility index (Phi) is 6.17. The topological polar surface area (TPSA) is 62.7 Å². The first-order valence-electron chi connectivity index (χ1n) is 8.20. The molecule has 25 heavy (non-hydrogen) atoms. The molecule has 0 spiro atoms. The number of carbonyl (C=O) groups is 1. The van der Waals surface area contributed by atoms with Crippen molar-refractivity contribution in [3.05, 3.63) is 58.7 Å². The van der Waals surface area contributed by atoms with Crippen LogP contribution >= 0.6 is 0 Å². The minimum atomic E-state index is -0.193. The largest absolute Gasteiger partial charge is 0.497 e. The minimum Gasteiger partial charge on any atom is -0.497 e. The number of methoxy groups -OCH3 is 1. The summed E-state index contributed by atoms with van der Waals surface area (Å²) < 4.78 is 5.20. The van der Waals surface area contributed by atoms with E-state index in [9.17, 15) is 4.79 Å². The second-order valence-corrected chi connectivity index (χ2v) is 6.09. The van der Waals surface area contributed by atoms with Crippen molar-refractivity contribution < 1.29 is 9.53 Å². The summed E-state index contributed by atoms with van der Waals surface area (Å²) in [5, 5.41) is 7.35. The third kappa shape index (κ3) is 5.08. The Morgan fingerprint density at radius 2 is 1.80 bits per heavy atom. The smallest absolute Gasteiger partial charge is 0.259 e. The van der Waals surface area contributed by atoms with Gasteiger partial charge in [-0.2, -0.15) is 5.10 Å². The molecule has 5 nitrogen and oxygen atoms in total. The van der Waals surface area contributed by atoms with Crippen LogP contribution in [0.2, 0.25) is 0 Å². The molecule has 5 heteroatoms. The summed E-state index contributed by atoms with van der Waals surface area (Å²) >= 11 is 0. The van der Waals surface area contributed by atoms with Crippen LogP contribution < -0.4 is 15.5 Å². The lowest BCUT2D eigenvalue weighted by molar-refractivity contribution is -0.119. The Labute approximate surface area is 149 Å². The van der Waals surface area contributed by atoms with E-state index in [1.54, 1.807) is 7.11 Å². The van der Waals surface area contributed by atoms with E-state index in [2.05, 4.69) is 34.9 Å². The molecular weight excluding hydrogens is 314 g/mol. The van der Waals surface area contributed by atoms with Crippen LogP contribution in [0.25, 0.3) is 0 Å². The monoisotopic (exact) mass is 339 g/mol. The van der Waals surface area contributed by atoms with Crippen molar-refractivity contribution in [2.45, 2.75) is 27.7 Å². The number of hydrazone groups is 1. The molecule has 0 aromatic heterocycles. The zero-order valence-electron chi connectivity index (χ0n) is 15.4. The van der Waals surface area contributed by atoms with E-state index in [1.807, 2.05) is 45.0 Å². The average molecular weight is 339 g/mol. The lowest BCUT2D eigenvalue weighted by Gasteiger charge is -2.13. The van der Waals surface area contributed by atoms with E-state index in [0.717, 1.165) is 33.8 Å². The standard InChI is InChI=1S/C20H25N3O2/c1-13-9-14(2)20(15(3)10-13)21-12-19(24)23-22-16(4)17-7-6-8-18(11-17)25-5/h6-11,21H,12H2,1-5H3,(H,23,24)/b22-16-. The molecular formula is C20H25N3O2. The van der Waals surface area contributed by atoms with Crippen molar-refractivity contribution >= 4 is 17.3 Å². The molecule has 0 aliphatic heterocycles. The summed E-state index contributed by atoms with van der Waals surface area (Å²) in [5.41, 5.74) is 8.66. The molecule has 132 valence electrons. The molecule has 1 amide bonds. The van der Waals surface area contributed by atoms with Gasteiger partial charge < -0.3 is 10.1 Å². The number of rotatable bonds is 6. The van der Waals surface area contributed by atoms with Gasteiger partial charge in [0, 0.05) is 11.3 Å². The van der Waals surface area contributed by atoms with Gasteiger partial charge in [-0.3, -0.25) is 4.79 Å². The summed E-state index contributed by atoms with van der Waals surface area (Å²) in [6.07, 6.45) is 0. The molecule has 2 aromatic rings. The normalized spacial score (nSPS) is 11.2. The molecule has 0 bridgehead atoms. The van der Waals surface area contributed by atoms with Crippen LogP contribution in [0.4, 0.5) is 5.69 Å². The highest BCUT2D eigenvalue weighted by Crippen LogP contribution is 2.21. The van der Waals surface area contributed by atoms with Gasteiger partial charge in [-0.05, 0) is 51.0 Å². The van der Waals surface area contributed by atoms with Crippen LogP contribution in [0.1, 0.15) is 29.2 Å². The Morgan fingerprint density at radius 1 is 1.12 bits per heavy atom. The first-order chi connectivity index (χ1) is 11.9. The average Bonchev–Trinajstić information content (AvgIpc) is 2.58. The zero-order valence-corrected chi connectivity index (χ0v) is 15.4. The summed E-state index contributed by atoms with van der Waals surface area (Å²) in [5.74, 6) is 0.562. The zero-order chi connectivity index (χ0) is 18.4. The number of aryl methyl sites for hydroxylation is 3. The molecule has 0 saturated carbocycles. The molecule has 0 aliphatic rings. The number of carbonyl (C=O) groups excluding carboxylic acids is 1. The molecule has 2 rings (SSSR count). The fourth-order valence-electron chi connectivity index (χ4n) is 2.73. The van der Waals surface area contributed by atoms with E-state index in [-0.39, 0.29) is 12.5 Å². The van der Waals surface area contributed by atoms with Gasteiger partial charge in [0.25, 0.3) is 5.91 Å². The number of hydrogen-bond acceptors (Lipinski definition) is 4. The van der Waals surface area contributed by atoms with E-state index < -0.39 is 0 Å². The van der Waals surface area contributed by atoms with Gasteiger partial charge in [-0.1, -0.05) is 29.8 Å². The van der Waals surface area contributed by atoms with Crippen molar-refractivity contribution in [2.75, 3.05) is 19.0 Å². The maximum atomic E-state index is 12.1. The number of nitrogens with one attached hydrogen (secondary N) is 2. The Balaban J connectivity index is 1.96. The van der Waals surface area contributed by atoms with E-state index in [4.69, 9.17) is 4.74 Å². The van der Waals surface area contributed by atoms with Crippen molar-refractivity contribution in [3.63, 3.8) is 0 Å². The quantitative estimate of drug-likeness (QED) is 0.625. The van der Waals surface area contributed by atoms with Gasteiger partial charge in [0.05, 0.1) is 19.4 Å². The lowest BCUT2D eigenvalue weighted by atomic mass is 10.1. The summed E-state index contributed by atoms with van der Waals surface area (Å²) in [6, 6.07) is 11.7. The first-order valence-corrected chi connectivity index (χ1v) is 8.20. The number of ether oxygens (including phenoxy) is 1. The molecule has 0 unspecified atom stereocenters. The fourth-order valence-corrected chi connectivity index (χ4v) is 2.73. The molecule has 0 radical (unpaired) electrons. The van der Waals surface area contributed by atoms with E-state index in [0.29, 0.717) is 0 Å². The Morgan fingerprint density at radius 3 is 2.44 bits per heavy atom. The third-order valence-electron chi connectivity index (χ3n) is 3.94. The SMILES string of the molecule is COc1cccc(/C(C)=N\NC(=O)CNc2c(C)cc(C)cc2C)c1. The second-order valence-electron chi connectivity index (χ2n) is 6.09. The molecule has 0 saturated heterocycles. The predicted octanol–water partition coefficient (Wildman–Crippen LogP) is 3.57. The summed E-state index contributed by atoms with van der Waals surface area (Å²) in [6.45, 7) is 8.14. The van der Waals surface area contributed by atoms with Gasteiger partial charge in [0.1, 0.15) is 5.75 Å². The van der Waals surface area contributed by atoms with E-state index in [1.165, 1.54) is 5.56 Å². The van der Waals surface area contributed by atoms with E-state index >= 15 is 0 Å². The van der Waals surface area contributed by atoms with Gasteiger partial charge in [-0.25, -0.2) is 5.43 Å². The van der Waals surface area contributed by atoms with Crippen molar-refractivity contribution in [1.29, 1.82) is 0 Å². The fraction of sp³-hybridized carbons (Fsp3) is 0.300. The predicted molar refractivity (Wildman–Crippen MR) is 102 cm³/mol. The van der Waals surface area contributed by atoms with Crippen LogP contribution in [0.5, 0.6) is 5.75 Å². The summed E-state index contributed by atoms with van der Waals surface area (Å²) in [4.78, 5) is 12.1. The number of anilines is 1. The highest BCUT2D eigenvalue weighted by molar-refractivity contribution is 5.99. The first kappa shape index (κ1) is 18.5. The molecule has 2 N–H and O–H groups in total. The van der Waals surface area contributed by atoms with Crippen LogP contribution in [0, 0.1) is 20.8 Å². The highest BCUT2D eigenvalue weighted by Gasteiger charge is 2.06. The number of amides is 1. The number of hydrogen-bond donors (Lipinski definition) is 2. The van der Waals surface area contributed by atoms with Gasteiger partial charge in [0.2, 0.25) is 0 Å². The number of benzene rings is 2. The van der Waals surface area contributed by atoms with Crippen LogP contribution in [0.15, 0.2) is 41.5 Å². The summed E-state index contributed by atoms with van der Waals surface area (Å²) in [7, 11) is 1.62. The lowest BCUT2D eigenvalue weighted by Crippen LogP contribution is -2.27. The molecule has 0 fully saturated rings. The maximum absolute atomic E-state index is 12.1. The van der Waals surface area contributed by atoms with Gasteiger partial charge in [-0.15, -0.1) is 0 Å². The number of nitrogens with zero attached hydrogens (tertiary/aromatic N) is 1.